The second kappa shape index (κ2) is 24.3. The van der Waals surface area contributed by atoms with Gasteiger partial charge in [-0.25, -0.2) is 4.79 Å². The van der Waals surface area contributed by atoms with Crippen molar-refractivity contribution in [3.8, 4) is 0 Å². The lowest BCUT2D eigenvalue weighted by Gasteiger charge is -2.43. The molecule has 0 aromatic rings. The van der Waals surface area contributed by atoms with Crippen molar-refractivity contribution in [2.24, 2.45) is 23.7 Å². The fourth-order valence-corrected chi connectivity index (χ4v) is 10.2. The number of unbranched alkanes of at least 4 members (excludes halogenated alkanes) is 1. The summed E-state index contributed by atoms with van der Waals surface area (Å²) in [6.45, 7) is 12.9. The highest BCUT2D eigenvalue weighted by atomic mass is 33.1. The summed E-state index contributed by atoms with van der Waals surface area (Å²) in [5.41, 5.74) is 1.33. The number of rotatable bonds is 24. The molecule has 0 saturated carbocycles. The molecule has 0 amide bonds. The zero-order chi connectivity index (χ0) is 37.8. The molecule has 4 aliphatic rings. The third kappa shape index (κ3) is 16.2. The van der Waals surface area contributed by atoms with Crippen LogP contribution in [0.15, 0.2) is 36.1 Å². The number of allylic oxidation sites excluding steroid dienone is 4. The van der Waals surface area contributed by atoms with E-state index in [0.29, 0.717) is 64.1 Å². The summed E-state index contributed by atoms with van der Waals surface area (Å²) in [5.74, 6) is 2.75. The minimum Gasteiger partial charge on any atom is -0.494 e. The maximum Gasteiger partial charge on any atom is 0.508 e. The molecule has 2 aliphatic heterocycles. The topological polar surface area (TPSA) is 125 Å². The Hall–Kier alpha value is -2.19. The van der Waals surface area contributed by atoms with E-state index in [0.717, 1.165) is 43.1 Å². The predicted molar refractivity (Wildman–Crippen MR) is 206 cm³/mol. The average Bonchev–Trinajstić information content (AvgIpc) is 3.65. The third-order valence-corrected chi connectivity index (χ3v) is 13.2. The number of carbonyl (C=O) groups is 3. The molecule has 13 heteroatoms. The molecule has 0 spiro atoms. The molecule has 7 unspecified atom stereocenters. The van der Waals surface area contributed by atoms with Crippen molar-refractivity contribution in [3.63, 3.8) is 0 Å². The van der Waals surface area contributed by atoms with Gasteiger partial charge in [-0.05, 0) is 62.4 Å². The molecule has 0 aromatic carbocycles. The van der Waals surface area contributed by atoms with Gasteiger partial charge in [-0.15, -0.1) is 0 Å². The number of hydrogen-bond donors (Lipinski definition) is 0. The van der Waals surface area contributed by atoms with Crippen LogP contribution in [0.4, 0.5) is 4.79 Å². The van der Waals surface area contributed by atoms with Gasteiger partial charge in [-0.2, -0.15) is 0 Å². The number of hydrogen-bond acceptors (Lipinski definition) is 13. The highest BCUT2D eigenvalue weighted by Gasteiger charge is 2.40. The van der Waals surface area contributed by atoms with Crippen LogP contribution in [0.2, 0.25) is 0 Å². The Morgan fingerprint density at radius 1 is 0.925 bits per heavy atom. The van der Waals surface area contributed by atoms with E-state index in [1.54, 1.807) is 0 Å². The maximum absolute atomic E-state index is 12.5. The lowest BCUT2D eigenvalue weighted by Crippen LogP contribution is -2.40. The number of fused-ring (bicyclic) bond motifs is 1. The van der Waals surface area contributed by atoms with Crippen LogP contribution in [-0.2, 0) is 47.5 Å². The molecule has 0 N–H and O–H groups in total. The van der Waals surface area contributed by atoms with E-state index >= 15 is 0 Å². The van der Waals surface area contributed by atoms with Gasteiger partial charge in [0.2, 0.25) is 0 Å². The Labute approximate surface area is 324 Å². The van der Waals surface area contributed by atoms with Gasteiger partial charge in [0.05, 0.1) is 51.8 Å². The first-order valence-electron chi connectivity index (χ1n) is 19.6. The Balaban J connectivity index is 0.996. The van der Waals surface area contributed by atoms with Gasteiger partial charge in [0, 0.05) is 35.7 Å². The molecule has 2 saturated heterocycles. The second-order valence-electron chi connectivity index (χ2n) is 14.6. The summed E-state index contributed by atoms with van der Waals surface area (Å²) in [6, 6.07) is 0. The Bertz CT molecular complexity index is 1200. The van der Waals surface area contributed by atoms with Gasteiger partial charge < -0.3 is 37.9 Å². The summed E-state index contributed by atoms with van der Waals surface area (Å²) in [7, 11) is 3.92. The fourth-order valence-electron chi connectivity index (χ4n) is 7.16. The van der Waals surface area contributed by atoms with Crippen LogP contribution < -0.4 is 0 Å². The molecule has 11 nitrogen and oxygen atoms in total. The minimum absolute atomic E-state index is 0.0127. The van der Waals surface area contributed by atoms with Crippen LogP contribution in [0.1, 0.15) is 91.4 Å². The maximum atomic E-state index is 12.5. The molecule has 0 aromatic heterocycles. The lowest BCUT2D eigenvalue weighted by atomic mass is 9.66. The van der Waals surface area contributed by atoms with Crippen molar-refractivity contribution in [1.82, 2.24) is 0 Å². The molecular formula is C40H62O11S2. The zero-order valence-corrected chi connectivity index (χ0v) is 33.6. The van der Waals surface area contributed by atoms with Gasteiger partial charge in [0.15, 0.2) is 0 Å². The van der Waals surface area contributed by atoms with Gasteiger partial charge in [-0.3, -0.25) is 9.59 Å². The van der Waals surface area contributed by atoms with E-state index in [-0.39, 0.29) is 62.2 Å². The summed E-state index contributed by atoms with van der Waals surface area (Å²) < 4.78 is 44.4. The second-order valence-corrected chi connectivity index (χ2v) is 17.4. The van der Waals surface area contributed by atoms with Crippen molar-refractivity contribution in [2.75, 3.05) is 58.6 Å². The number of carbonyl (C=O) groups excluding carboxylic acids is 3. The predicted octanol–water partition coefficient (Wildman–Crippen LogP) is 8.01. The average molecular weight is 783 g/mol. The normalized spacial score (nSPS) is 26.8. The van der Waals surface area contributed by atoms with Gasteiger partial charge in [0.25, 0.3) is 0 Å². The summed E-state index contributed by atoms with van der Waals surface area (Å²) >= 11 is 0. The van der Waals surface area contributed by atoms with E-state index in [1.807, 2.05) is 21.6 Å². The van der Waals surface area contributed by atoms with Crippen molar-refractivity contribution in [3.05, 3.63) is 36.1 Å². The molecule has 2 aliphatic carbocycles. The SMILES string of the molecule is C=C(OC1CCC=C2C=CC(C)C(CCC3CC(OC(=O)OCCOCCOCCOCCOC(=O)CCCCC4CCSS4)CC(=O)O3)C21)C(C)C. The third-order valence-electron chi connectivity index (χ3n) is 10.2. The lowest BCUT2D eigenvalue weighted by molar-refractivity contribution is -0.161. The van der Waals surface area contributed by atoms with Gasteiger partial charge in [0.1, 0.15) is 31.5 Å². The van der Waals surface area contributed by atoms with Gasteiger partial charge in [-0.1, -0.05) is 73.6 Å². The van der Waals surface area contributed by atoms with Crippen LogP contribution in [0.5, 0.6) is 0 Å². The van der Waals surface area contributed by atoms with E-state index < -0.39 is 12.3 Å². The van der Waals surface area contributed by atoms with Crippen LogP contribution in [0, 0.1) is 23.7 Å². The van der Waals surface area contributed by atoms with E-state index in [4.69, 9.17) is 37.9 Å². The molecule has 4 rings (SSSR count). The largest absolute Gasteiger partial charge is 0.508 e. The Morgan fingerprint density at radius 2 is 1.64 bits per heavy atom. The van der Waals surface area contributed by atoms with Crippen molar-refractivity contribution < 1.29 is 52.3 Å². The van der Waals surface area contributed by atoms with Crippen molar-refractivity contribution in [2.45, 2.75) is 115 Å². The summed E-state index contributed by atoms with van der Waals surface area (Å²) in [5, 5.41) is 0.745. The van der Waals surface area contributed by atoms with Crippen LogP contribution in [0.3, 0.4) is 0 Å². The standard InChI is InChI=1S/C40H62O11S2/c1-28(2)30(4)49-36-10-7-8-31-13-12-29(3)35(39(31)36)15-14-32-26-33(27-38(42)50-32)51-40(43)48-24-22-46-20-18-44-17-19-45-21-23-47-37(41)11-6-5-9-34-16-25-52-53-34/h8,12-13,28-29,32-36,39H,4-7,9-11,14-27H2,1-3H3. The monoisotopic (exact) mass is 782 g/mol. The van der Waals surface area contributed by atoms with Gasteiger partial charge >= 0.3 is 18.1 Å². The van der Waals surface area contributed by atoms with Crippen molar-refractivity contribution in [1.29, 1.82) is 0 Å². The Morgan fingerprint density at radius 3 is 2.34 bits per heavy atom. The van der Waals surface area contributed by atoms with E-state index in [1.165, 1.54) is 24.2 Å². The molecule has 300 valence electrons. The quantitative estimate of drug-likeness (QED) is 0.0309. The number of ether oxygens (including phenoxy) is 8. The molecule has 2 fully saturated rings. The summed E-state index contributed by atoms with van der Waals surface area (Å²) in [4.78, 5) is 36.7. The minimum atomic E-state index is -0.822. The fraction of sp³-hybridized carbons (Fsp3) is 0.775. The highest BCUT2D eigenvalue weighted by Crippen LogP contribution is 2.45. The first-order valence-corrected chi connectivity index (χ1v) is 22.0. The number of cyclic esters (lactones) is 1. The Kier molecular flexibility index (Phi) is 20.0. The van der Waals surface area contributed by atoms with E-state index in [2.05, 4.69) is 45.6 Å². The first-order chi connectivity index (χ1) is 25.7. The zero-order valence-electron chi connectivity index (χ0n) is 32.0. The molecule has 2 heterocycles. The van der Waals surface area contributed by atoms with Crippen LogP contribution in [-0.4, -0.2) is 100 Å². The smallest absolute Gasteiger partial charge is 0.494 e. The number of esters is 2. The van der Waals surface area contributed by atoms with E-state index in [9.17, 15) is 14.4 Å². The van der Waals surface area contributed by atoms with Crippen LogP contribution >= 0.6 is 21.6 Å². The first kappa shape index (κ1) is 43.5. The van der Waals surface area contributed by atoms with Crippen molar-refractivity contribution >= 4 is 39.7 Å². The molecule has 7 atom stereocenters. The highest BCUT2D eigenvalue weighted by molar-refractivity contribution is 8.77. The molecule has 0 radical (unpaired) electrons. The molecular weight excluding hydrogens is 721 g/mol. The molecule has 53 heavy (non-hydrogen) atoms. The summed E-state index contributed by atoms with van der Waals surface area (Å²) in [6.07, 6.45) is 14.0. The molecule has 0 bridgehead atoms. The van der Waals surface area contributed by atoms with Crippen LogP contribution in [0.25, 0.3) is 0 Å².